The zero-order valence-electron chi connectivity index (χ0n) is 18.9. The number of imidazole rings is 1. The maximum atomic E-state index is 12.7. The highest BCUT2D eigenvalue weighted by Gasteiger charge is 2.24. The predicted molar refractivity (Wildman–Crippen MR) is 120 cm³/mol. The van der Waals surface area contributed by atoms with Crippen LogP contribution in [0.1, 0.15) is 50.5 Å². The first-order chi connectivity index (χ1) is 15.1. The second-order valence-corrected chi connectivity index (χ2v) is 8.41. The minimum Gasteiger partial charge on any atom is -0.345 e. The third-order valence-electron chi connectivity index (χ3n) is 6.18. The minimum absolute atomic E-state index is 0.173. The van der Waals surface area contributed by atoms with Crippen LogP contribution in [0.25, 0.3) is 0 Å². The van der Waals surface area contributed by atoms with E-state index >= 15 is 0 Å². The molecule has 0 radical (unpaired) electrons. The number of likely N-dealkylation sites (N-methyl/N-ethyl adjacent to an activating group) is 1. The number of aromatic nitrogens is 3. The van der Waals surface area contributed by atoms with Gasteiger partial charge >= 0.3 is 0 Å². The Morgan fingerprint density at radius 1 is 1.19 bits per heavy atom. The molecule has 7 heteroatoms. The number of carbonyl (C=O) groups excluding carboxylic acids is 2. The zero-order chi connectivity index (χ0) is 22.1. The molecule has 1 fully saturated rings. The molecule has 1 aliphatic rings. The first-order valence-corrected chi connectivity index (χ1v) is 11.5. The van der Waals surface area contributed by atoms with E-state index in [4.69, 9.17) is 0 Å². The van der Waals surface area contributed by atoms with E-state index in [9.17, 15) is 9.59 Å². The van der Waals surface area contributed by atoms with Gasteiger partial charge in [0, 0.05) is 83.2 Å². The van der Waals surface area contributed by atoms with Crippen molar-refractivity contribution in [2.45, 2.75) is 58.4 Å². The highest BCUT2D eigenvalue weighted by atomic mass is 16.2. The number of amides is 2. The Balaban J connectivity index is 1.38. The Hall–Kier alpha value is -2.70. The number of nitrogens with zero attached hydrogens (tertiary/aromatic N) is 5. The quantitative estimate of drug-likeness (QED) is 0.587. The summed E-state index contributed by atoms with van der Waals surface area (Å²) in [6.45, 7) is 5.04. The molecule has 0 aromatic carbocycles. The molecule has 0 saturated carbocycles. The van der Waals surface area contributed by atoms with Crippen LogP contribution < -0.4 is 0 Å². The van der Waals surface area contributed by atoms with Crippen molar-refractivity contribution >= 4 is 11.8 Å². The van der Waals surface area contributed by atoms with Gasteiger partial charge in [0.15, 0.2) is 0 Å². The predicted octanol–water partition coefficient (Wildman–Crippen LogP) is 2.95. The van der Waals surface area contributed by atoms with Gasteiger partial charge < -0.3 is 14.4 Å². The molecular weight excluding hydrogens is 390 g/mol. The number of aryl methyl sites for hydroxylation is 2. The molecule has 1 atom stereocenters. The summed E-state index contributed by atoms with van der Waals surface area (Å²) in [5, 5.41) is 0. The fourth-order valence-electron chi connectivity index (χ4n) is 4.23. The van der Waals surface area contributed by atoms with E-state index < -0.39 is 0 Å². The van der Waals surface area contributed by atoms with Crippen LogP contribution in [-0.2, 0) is 29.0 Å². The van der Waals surface area contributed by atoms with Crippen molar-refractivity contribution in [2.75, 3.05) is 26.7 Å². The summed E-state index contributed by atoms with van der Waals surface area (Å²) >= 11 is 0. The molecular formula is C24H35N5O2. The van der Waals surface area contributed by atoms with Gasteiger partial charge in [-0.15, -0.1) is 0 Å². The Morgan fingerprint density at radius 2 is 2.06 bits per heavy atom. The number of hydrogen-bond acceptors (Lipinski definition) is 4. The van der Waals surface area contributed by atoms with Crippen LogP contribution in [0.15, 0.2) is 36.8 Å². The second kappa shape index (κ2) is 11.6. The molecule has 1 saturated heterocycles. The van der Waals surface area contributed by atoms with E-state index in [0.29, 0.717) is 31.8 Å². The molecule has 2 aromatic rings. The van der Waals surface area contributed by atoms with Gasteiger partial charge in [-0.05, 0) is 37.3 Å². The SMILES string of the molecule is CCc1nccn1CCC(=O)N1CCCC(CCC(=O)N(C)CCc2ccccn2)C1. The van der Waals surface area contributed by atoms with Crippen molar-refractivity contribution < 1.29 is 9.59 Å². The van der Waals surface area contributed by atoms with Gasteiger partial charge in [0.05, 0.1) is 0 Å². The zero-order valence-corrected chi connectivity index (χ0v) is 18.9. The summed E-state index contributed by atoms with van der Waals surface area (Å²) in [5.41, 5.74) is 1.00. The van der Waals surface area contributed by atoms with E-state index in [0.717, 1.165) is 56.7 Å². The van der Waals surface area contributed by atoms with E-state index in [1.807, 2.05) is 36.3 Å². The van der Waals surface area contributed by atoms with Gasteiger partial charge in [0.1, 0.15) is 5.82 Å². The van der Waals surface area contributed by atoms with Gasteiger partial charge in [-0.1, -0.05) is 13.0 Å². The van der Waals surface area contributed by atoms with Crippen molar-refractivity contribution in [2.24, 2.45) is 5.92 Å². The summed E-state index contributed by atoms with van der Waals surface area (Å²) < 4.78 is 2.07. The van der Waals surface area contributed by atoms with Gasteiger partial charge in [-0.2, -0.15) is 0 Å². The lowest BCUT2D eigenvalue weighted by atomic mass is 9.93. The molecule has 3 heterocycles. The largest absolute Gasteiger partial charge is 0.345 e. The highest BCUT2D eigenvalue weighted by molar-refractivity contribution is 5.76. The third kappa shape index (κ3) is 6.91. The molecule has 1 aliphatic heterocycles. The Labute approximate surface area is 185 Å². The van der Waals surface area contributed by atoms with Crippen LogP contribution >= 0.6 is 0 Å². The summed E-state index contributed by atoms with van der Waals surface area (Å²) in [5.74, 6) is 1.81. The average Bonchev–Trinajstić information content (AvgIpc) is 3.28. The van der Waals surface area contributed by atoms with Crippen molar-refractivity contribution in [3.63, 3.8) is 0 Å². The van der Waals surface area contributed by atoms with E-state index in [1.54, 1.807) is 17.3 Å². The summed E-state index contributed by atoms with van der Waals surface area (Å²) in [7, 11) is 1.86. The number of hydrogen-bond donors (Lipinski definition) is 0. The maximum Gasteiger partial charge on any atom is 0.224 e. The van der Waals surface area contributed by atoms with Crippen LogP contribution in [0.5, 0.6) is 0 Å². The fraction of sp³-hybridized carbons (Fsp3) is 0.583. The van der Waals surface area contributed by atoms with E-state index in [-0.39, 0.29) is 11.8 Å². The smallest absolute Gasteiger partial charge is 0.224 e. The van der Waals surface area contributed by atoms with Crippen molar-refractivity contribution in [3.05, 3.63) is 48.3 Å². The van der Waals surface area contributed by atoms with Gasteiger partial charge in [-0.3, -0.25) is 14.6 Å². The van der Waals surface area contributed by atoms with Crippen molar-refractivity contribution in [1.82, 2.24) is 24.3 Å². The Bertz CT molecular complexity index is 836. The third-order valence-corrected chi connectivity index (χ3v) is 6.18. The molecule has 2 aromatic heterocycles. The molecule has 0 bridgehead atoms. The lowest BCUT2D eigenvalue weighted by Crippen LogP contribution is -2.40. The number of pyridine rings is 1. The Morgan fingerprint density at radius 3 is 2.84 bits per heavy atom. The van der Waals surface area contributed by atoms with Crippen LogP contribution in [-0.4, -0.2) is 62.8 Å². The number of carbonyl (C=O) groups is 2. The number of rotatable bonds is 10. The molecule has 168 valence electrons. The van der Waals surface area contributed by atoms with Gasteiger partial charge in [0.25, 0.3) is 0 Å². The summed E-state index contributed by atoms with van der Waals surface area (Å²) in [6, 6.07) is 5.86. The molecule has 7 nitrogen and oxygen atoms in total. The maximum absolute atomic E-state index is 12.7. The topological polar surface area (TPSA) is 71.3 Å². The Kier molecular flexibility index (Phi) is 8.62. The molecule has 0 spiro atoms. The van der Waals surface area contributed by atoms with Crippen molar-refractivity contribution in [3.8, 4) is 0 Å². The fourth-order valence-corrected chi connectivity index (χ4v) is 4.23. The van der Waals surface area contributed by atoms with Crippen LogP contribution in [0.2, 0.25) is 0 Å². The van der Waals surface area contributed by atoms with Crippen molar-refractivity contribution in [1.29, 1.82) is 0 Å². The van der Waals surface area contributed by atoms with Crippen LogP contribution in [0.4, 0.5) is 0 Å². The number of likely N-dealkylation sites (tertiary alicyclic amines) is 1. The monoisotopic (exact) mass is 425 g/mol. The molecule has 1 unspecified atom stereocenters. The van der Waals surface area contributed by atoms with E-state index in [1.165, 1.54) is 0 Å². The summed E-state index contributed by atoms with van der Waals surface area (Å²) in [6.07, 6.45) is 11.2. The lowest BCUT2D eigenvalue weighted by molar-refractivity contribution is -0.133. The summed E-state index contributed by atoms with van der Waals surface area (Å²) in [4.78, 5) is 37.7. The number of piperidine rings is 1. The van der Waals surface area contributed by atoms with Crippen LogP contribution in [0.3, 0.4) is 0 Å². The van der Waals surface area contributed by atoms with Gasteiger partial charge in [0.2, 0.25) is 11.8 Å². The highest BCUT2D eigenvalue weighted by Crippen LogP contribution is 2.22. The van der Waals surface area contributed by atoms with E-state index in [2.05, 4.69) is 21.5 Å². The lowest BCUT2D eigenvalue weighted by Gasteiger charge is -2.33. The second-order valence-electron chi connectivity index (χ2n) is 8.41. The average molecular weight is 426 g/mol. The molecule has 31 heavy (non-hydrogen) atoms. The molecule has 3 rings (SSSR count). The van der Waals surface area contributed by atoms with Gasteiger partial charge in [-0.25, -0.2) is 4.98 Å². The molecule has 2 amide bonds. The van der Waals surface area contributed by atoms with Crippen LogP contribution in [0, 0.1) is 5.92 Å². The standard InChI is InChI=1S/C24H35N5O2/c1-3-22-26-14-18-28(22)17-12-24(31)29-15-6-7-20(19-29)9-10-23(30)27(2)16-11-21-8-4-5-13-25-21/h4-5,8,13-14,18,20H,3,6-7,9-12,15-17,19H2,1-2H3. The molecule has 0 aliphatic carbocycles. The first-order valence-electron chi connectivity index (χ1n) is 11.5. The normalized spacial score (nSPS) is 16.3. The minimum atomic E-state index is 0.173. The molecule has 0 N–H and O–H groups in total. The first kappa shape index (κ1) is 23.0.